The molecule has 1 saturated carbocycles. The normalized spacial score (nSPS) is 16.2. The molecule has 0 bridgehead atoms. The molecule has 0 amide bonds. The smallest absolute Gasteiger partial charge is 0.336 e. The Labute approximate surface area is 118 Å². The van der Waals surface area contributed by atoms with Gasteiger partial charge in [0, 0.05) is 0 Å². The number of carboxylic acids is 1. The van der Waals surface area contributed by atoms with Gasteiger partial charge < -0.3 is 9.84 Å². The first kappa shape index (κ1) is 13.0. The molecule has 3 rings (SSSR count). The zero-order valence-corrected chi connectivity index (χ0v) is 11.3. The molecule has 0 unspecified atom stereocenters. The van der Waals surface area contributed by atoms with Crippen LogP contribution in [-0.2, 0) is 0 Å². The van der Waals surface area contributed by atoms with Crippen molar-refractivity contribution in [1.82, 2.24) is 0 Å². The Morgan fingerprint density at radius 2 is 1.85 bits per heavy atom. The topological polar surface area (TPSA) is 46.5 Å². The van der Waals surface area contributed by atoms with Crippen LogP contribution in [0.4, 0.5) is 0 Å². The van der Waals surface area contributed by atoms with Crippen LogP contribution in [0.3, 0.4) is 0 Å². The number of carboxylic acid groups (broad SMARTS) is 1. The van der Waals surface area contributed by atoms with Crippen LogP contribution in [-0.4, -0.2) is 17.2 Å². The molecule has 2 aromatic rings. The Hall–Kier alpha value is -2.03. The van der Waals surface area contributed by atoms with Gasteiger partial charge in [0.2, 0.25) is 0 Å². The number of benzene rings is 2. The first-order valence-corrected chi connectivity index (χ1v) is 7.17. The number of aromatic carboxylic acids is 1. The monoisotopic (exact) mass is 270 g/mol. The van der Waals surface area contributed by atoms with E-state index >= 15 is 0 Å². The van der Waals surface area contributed by atoms with Gasteiger partial charge >= 0.3 is 5.97 Å². The molecule has 0 radical (unpaired) electrons. The lowest BCUT2D eigenvalue weighted by molar-refractivity contribution is 0.0698. The zero-order valence-electron chi connectivity index (χ0n) is 11.3. The highest BCUT2D eigenvalue weighted by atomic mass is 16.5. The summed E-state index contributed by atoms with van der Waals surface area (Å²) in [7, 11) is 0. The summed E-state index contributed by atoms with van der Waals surface area (Å²) in [6, 6.07) is 11.1. The molecule has 1 N–H and O–H groups in total. The number of fused-ring (bicyclic) bond motifs is 1. The maximum Gasteiger partial charge on any atom is 0.336 e. The maximum absolute atomic E-state index is 11.4. The SMILES string of the molecule is O=C(O)c1cc(OC2CCCCC2)cc2ccccc12. The van der Waals surface area contributed by atoms with Crippen LogP contribution < -0.4 is 4.74 Å². The van der Waals surface area contributed by atoms with E-state index in [0.29, 0.717) is 11.3 Å². The molecule has 0 saturated heterocycles. The van der Waals surface area contributed by atoms with Gasteiger partial charge in [-0.25, -0.2) is 4.79 Å². The van der Waals surface area contributed by atoms with Crippen molar-refractivity contribution in [2.75, 3.05) is 0 Å². The second-order valence-corrected chi connectivity index (χ2v) is 5.37. The highest BCUT2D eigenvalue weighted by molar-refractivity contribution is 6.04. The Morgan fingerprint density at radius 3 is 2.60 bits per heavy atom. The second-order valence-electron chi connectivity index (χ2n) is 5.37. The van der Waals surface area contributed by atoms with E-state index in [2.05, 4.69) is 0 Å². The molecule has 3 heteroatoms. The summed E-state index contributed by atoms with van der Waals surface area (Å²) < 4.78 is 5.99. The van der Waals surface area contributed by atoms with Crippen LogP contribution >= 0.6 is 0 Å². The summed E-state index contributed by atoms with van der Waals surface area (Å²) in [6.07, 6.45) is 6.03. The zero-order chi connectivity index (χ0) is 13.9. The minimum Gasteiger partial charge on any atom is -0.490 e. The standard InChI is InChI=1S/C17H18O3/c18-17(19)16-11-14(20-13-7-2-1-3-8-13)10-12-6-4-5-9-15(12)16/h4-6,9-11,13H,1-3,7-8H2,(H,18,19). The minimum absolute atomic E-state index is 0.228. The van der Waals surface area contributed by atoms with Gasteiger partial charge in [-0.2, -0.15) is 0 Å². The van der Waals surface area contributed by atoms with Crippen molar-refractivity contribution in [3.63, 3.8) is 0 Å². The predicted octanol–water partition coefficient (Wildman–Crippen LogP) is 4.25. The number of carbonyl (C=O) groups is 1. The molecule has 1 fully saturated rings. The van der Waals surface area contributed by atoms with Crippen molar-refractivity contribution in [3.8, 4) is 5.75 Å². The van der Waals surface area contributed by atoms with Crippen molar-refractivity contribution >= 4 is 16.7 Å². The van der Waals surface area contributed by atoms with E-state index in [4.69, 9.17) is 4.74 Å². The van der Waals surface area contributed by atoms with E-state index in [-0.39, 0.29) is 6.10 Å². The van der Waals surface area contributed by atoms with Crippen molar-refractivity contribution in [3.05, 3.63) is 42.0 Å². The van der Waals surface area contributed by atoms with Crippen molar-refractivity contribution in [2.45, 2.75) is 38.2 Å². The molecule has 20 heavy (non-hydrogen) atoms. The lowest BCUT2D eigenvalue weighted by Crippen LogP contribution is -2.19. The summed E-state index contributed by atoms with van der Waals surface area (Å²) in [5.74, 6) is -0.233. The van der Waals surface area contributed by atoms with Gasteiger partial charge in [-0.1, -0.05) is 30.7 Å². The van der Waals surface area contributed by atoms with Crippen LogP contribution in [0.1, 0.15) is 42.5 Å². The van der Waals surface area contributed by atoms with E-state index in [0.717, 1.165) is 23.6 Å². The summed E-state index contributed by atoms with van der Waals surface area (Å²) in [5.41, 5.74) is 0.314. The molecule has 2 aromatic carbocycles. The fourth-order valence-corrected chi connectivity index (χ4v) is 2.90. The molecule has 0 aliphatic heterocycles. The molecular weight excluding hydrogens is 252 g/mol. The van der Waals surface area contributed by atoms with Gasteiger partial charge in [-0.05, 0) is 48.6 Å². The van der Waals surface area contributed by atoms with Crippen molar-refractivity contribution in [1.29, 1.82) is 0 Å². The number of ether oxygens (including phenoxy) is 1. The van der Waals surface area contributed by atoms with Crippen LogP contribution in [0, 0.1) is 0 Å². The third kappa shape index (κ3) is 2.62. The Morgan fingerprint density at radius 1 is 1.10 bits per heavy atom. The van der Waals surface area contributed by atoms with Gasteiger partial charge in [0.15, 0.2) is 0 Å². The van der Waals surface area contributed by atoms with E-state index in [1.54, 1.807) is 6.07 Å². The Kier molecular flexibility index (Phi) is 3.59. The second kappa shape index (κ2) is 5.53. The van der Waals surface area contributed by atoms with E-state index < -0.39 is 5.97 Å². The van der Waals surface area contributed by atoms with Gasteiger partial charge in [0.25, 0.3) is 0 Å². The molecule has 1 aliphatic carbocycles. The summed E-state index contributed by atoms with van der Waals surface area (Å²) >= 11 is 0. The summed E-state index contributed by atoms with van der Waals surface area (Å²) in [6.45, 7) is 0. The van der Waals surface area contributed by atoms with Crippen LogP contribution in [0.2, 0.25) is 0 Å². The minimum atomic E-state index is -0.907. The van der Waals surface area contributed by atoms with Gasteiger partial charge in [0.05, 0.1) is 11.7 Å². The average molecular weight is 270 g/mol. The average Bonchev–Trinajstić information content (AvgIpc) is 2.47. The Bertz CT molecular complexity index is 627. The highest BCUT2D eigenvalue weighted by Crippen LogP contribution is 2.29. The first-order valence-electron chi connectivity index (χ1n) is 7.17. The molecule has 0 spiro atoms. The van der Waals surface area contributed by atoms with E-state index in [1.165, 1.54) is 19.3 Å². The molecular formula is C17H18O3. The van der Waals surface area contributed by atoms with E-state index in [9.17, 15) is 9.90 Å². The van der Waals surface area contributed by atoms with Crippen LogP contribution in [0.25, 0.3) is 10.8 Å². The number of hydrogen-bond acceptors (Lipinski definition) is 2. The van der Waals surface area contributed by atoms with Gasteiger partial charge in [-0.15, -0.1) is 0 Å². The van der Waals surface area contributed by atoms with Crippen molar-refractivity contribution in [2.24, 2.45) is 0 Å². The number of hydrogen-bond donors (Lipinski definition) is 1. The molecule has 104 valence electrons. The summed E-state index contributed by atoms with van der Waals surface area (Å²) in [4.78, 5) is 11.4. The lowest BCUT2D eigenvalue weighted by atomic mass is 9.97. The van der Waals surface area contributed by atoms with Gasteiger partial charge in [0.1, 0.15) is 5.75 Å². The Balaban J connectivity index is 1.96. The van der Waals surface area contributed by atoms with Crippen LogP contribution in [0.15, 0.2) is 36.4 Å². The molecule has 0 aromatic heterocycles. The number of rotatable bonds is 3. The lowest BCUT2D eigenvalue weighted by Gasteiger charge is -2.23. The van der Waals surface area contributed by atoms with Crippen molar-refractivity contribution < 1.29 is 14.6 Å². The van der Waals surface area contributed by atoms with Crippen LogP contribution in [0.5, 0.6) is 5.75 Å². The molecule has 0 atom stereocenters. The third-order valence-corrected chi connectivity index (χ3v) is 3.92. The molecule has 0 heterocycles. The maximum atomic E-state index is 11.4. The first-order chi connectivity index (χ1) is 9.74. The van der Waals surface area contributed by atoms with E-state index in [1.807, 2.05) is 30.3 Å². The fraction of sp³-hybridized carbons (Fsp3) is 0.353. The quantitative estimate of drug-likeness (QED) is 0.907. The predicted molar refractivity (Wildman–Crippen MR) is 78.4 cm³/mol. The fourth-order valence-electron chi connectivity index (χ4n) is 2.90. The third-order valence-electron chi connectivity index (χ3n) is 3.92. The molecule has 3 nitrogen and oxygen atoms in total. The summed E-state index contributed by atoms with van der Waals surface area (Å²) in [5, 5.41) is 11.0. The largest absolute Gasteiger partial charge is 0.490 e. The molecule has 1 aliphatic rings. The highest BCUT2D eigenvalue weighted by Gasteiger charge is 2.17. The van der Waals surface area contributed by atoms with Gasteiger partial charge in [-0.3, -0.25) is 0 Å².